The molecular formula is C20H32N3O2+. The maximum atomic E-state index is 12.5. The van der Waals surface area contributed by atoms with Gasteiger partial charge in [0.05, 0.1) is 12.6 Å². The average molecular weight is 346 g/mol. The largest absolute Gasteiger partial charge is 0.347 e. The summed E-state index contributed by atoms with van der Waals surface area (Å²) in [5.41, 5.74) is 2.33. The van der Waals surface area contributed by atoms with Crippen LogP contribution >= 0.6 is 0 Å². The van der Waals surface area contributed by atoms with Gasteiger partial charge < -0.3 is 15.5 Å². The second kappa shape index (κ2) is 8.48. The topological polar surface area (TPSA) is 62.6 Å². The summed E-state index contributed by atoms with van der Waals surface area (Å²) in [6.07, 6.45) is 3.16. The van der Waals surface area contributed by atoms with Crippen molar-refractivity contribution in [2.45, 2.75) is 58.5 Å². The maximum Gasteiger partial charge on any atom is 0.275 e. The van der Waals surface area contributed by atoms with Crippen molar-refractivity contribution in [3.63, 3.8) is 0 Å². The minimum absolute atomic E-state index is 0.0137. The Labute approximate surface area is 151 Å². The first-order valence-electron chi connectivity index (χ1n) is 9.30. The molecule has 2 amide bonds. The van der Waals surface area contributed by atoms with Gasteiger partial charge in [0.2, 0.25) is 0 Å². The van der Waals surface area contributed by atoms with Crippen LogP contribution in [0.3, 0.4) is 0 Å². The summed E-state index contributed by atoms with van der Waals surface area (Å²) in [6, 6.07) is 8.44. The number of likely N-dealkylation sites (N-methyl/N-ethyl adjacent to an activating group) is 1. The Hall–Kier alpha value is -1.88. The molecule has 1 aliphatic rings. The normalized spacial score (nSPS) is 18.2. The third kappa shape index (κ3) is 6.16. The van der Waals surface area contributed by atoms with Crippen LogP contribution in [0.25, 0.3) is 0 Å². The molecule has 0 spiro atoms. The van der Waals surface area contributed by atoms with Crippen LogP contribution in [0.5, 0.6) is 0 Å². The van der Waals surface area contributed by atoms with E-state index in [9.17, 15) is 9.59 Å². The highest BCUT2D eigenvalue weighted by Crippen LogP contribution is 2.29. The lowest BCUT2D eigenvalue weighted by Crippen LogP contribution is -3.14. The van der Waals surface area contributed by atoms with E-state index in [0.717, 1.165) is 30.7 Å². The molecule has 0 saturated carbocycles. The summed E-state index contributed by atoms with van der Waals surface area (Å²) in [5.74, 6) is 0.00211. The number of carbonyl (C=O) groups excluding carboxylic acids is 2. The summed E-state index contributed by atoms with van der Waals surface area (Å²) >= 11 is 0. The lowest BCUT2D eigenvalue weighted by molar-refractivity contribution is -0.881. The molecular weight excluding hydrogens is 314 g/mol. The van der Waals surface area contributed by atoms with Crippen molar-refractivity contribution in [3.05, 3.63) is 35.4 Å². The molecule has 138 valence electrons. The number of aryl methyl sites for hydroxylation is 1. The van der Waals surface area contributed by atoms with Crippen LogP contribution in [0.2, 0.25) is 0 Å². The molecule has 1 aromatic rings. The zero-order chi connectivity index (χ0) is 18.4. The Balaban J connectivity index is 1.89. The van der Waals surface area contributed by atoms with Gasteiger partial charge in [-0.2, -0.15) is 0 Å². The van der Waals surface area contributed by atoms with Crippen LogP contribution in [0.1, 0.15) is 57.7 Å². The zero-order valence-electron chi connectivity index (χ0n) is 15.9. The molecule has 0 heterocycles. The summed E-state index contributed by atoms with van der Waals surface area (Å²) < 4.78 is 0. The van der Waals surface area contributed by atoms with Crippen LogP contribution in [0.15, 0.2) is 24.3 Å². The van der Waals surface area contributed by atoms with Crippen LogP contribution < -0.4 is 15.5 Å². The Bertz CT molecular complexity index is 607. The first-order valence-corrected chi connectivity index (χ1v) is 9.30. The fraction of sp³-hybridized carbons (Fsp3) is 0.600. The van der Waals surface area contributed by atoms with E-state index in [1.54, 1.807) is 0 Å². The van der Waals surface area contributed by atoms with Crippen molar-refractivity contribution in [2.24, 2.45) is 0 Å². The summed E-state index contributed by atoms with van der Waals surface area (Å²) in [4.78, 5) is 25.6. The van der Waals surface area contributed by atoms with E-state index in [4.69, 9.17) is 0 Å². The smallest absolute Gasteiger partial charge is 0.275 e. The first kappa shape index (κ1) is 19.4. The molecule has 0 aromatic heterocycles. The Morgan fingerprint density at radius 3 is 2.52 bits per heavy atom. The van der Waals surface area contributed by atoms with Gasteiger partial charge >= 0.3 is 0 Å². The maximum absolute atomic E-state index is 12.5. The van der Waals surface area contributed by atoms with Crippen molar-refractivity contribution in [1.29, 1.82) is 0 Å². The van der Waals surface area contributed by atoms with Crippen LogP contribution in [-0.2, 0) is 16.0 Å². The number of quaternary nitrogens is 1. The lowest BCUT2D eigenvalue weighted by Gasteiger charge is -2.27. The van der Waals surface area contributed by atoms with E-state index in [1.807, 2.05) is 33.8 Å². The van der Waals surface area contributed by atoms with Gasteiger partial charge in [-0.05, 0) is 58.1 Å². The van der Waals surface area contributed by atoms with Crippen molar-refractivity contribution in [2.75, 3.05) is 19.6 Å². The summed E-state index contributed by atoms with van der Waals surface area (Å²) in [5, 5.41) is 6.13. The number of hydrogen-bond acceptors (Lipinski definition) is 2. The number of rotatable bonds is 6. The lowest BCUT2D eigenvalue weighted by atomic mass is 9.88. The first-order chi connectivity index (χ1) is 11.8. The molecule has 5 heteroatoms. The van der Waals surface area contributed by atoms with Crippen molar-refractivity contribution in [1.82, 2.24) is 10.6 Å². The molecule has 5 nitrogen and oxygen atoms in total. The molecule has 0 fully saturated rings. The van der Waals surface area contributed by atoms with Gasteiger partial charge in [-0.25, -0.2) is 0 Å². The standard InChI is InChI=1S/C20H31N3O2/c1-5-23(14-19(25)22-20(2,3)4)13-18(24)21-17-12-8-10-15-9-6-7-11-16(15)17/h6-7,9,11,17H,5,8,10,12-14H2,1-4H3,(H,21,24)(H,22,25)/p+1/t17-/m0/s1. The molecule has 1 aromatic carbocycles. The van der Waals surface area contributed by atoms with Crippen molar-refractivity contribution >= 4 is 11.8 Å². The molecule has 2 rings (SSSR count). The van der Waals surface area contributed by atoms with Crippen molar-refractivity contribution in [3.8, 4) is 0 Å². The minimum atomic E-state index is -0.246. The summed E-state index contributed by atoms with van der Waals surface area (Å²) in [6.45, 7) is 9.28. The number of amides is 2. The van der Waals surface area contributed by atoms with Crippen LogP contribution in [-0.4, -0.2) is 37.0 Å². The molecule has 1 unspecified atom stereocenters. The third-order valence-corrected chi connectivity index (χ3v) is 4.54. The van der Waals surface area contributed by atoms with Gasteiger partial charge in [0.1, 0.15) is 0 Å². The van der Waals surface area contributed by atoms with E-state index in [1.165, 1.54) is 11.1 Å². The number of nitrogens with one attached hydrogen (secondary N) is 3. The monoisotopic (exact) mass is 346 g/mol. The zero-order valence-corrected chi connectivity index (χ0v) is 15.9. The van der Waals surface area contributed by atoms with Gasteiger partial charge in [-0.15, -0.1) is 0 Å². The minimum Gasteiger partial charge on any atom is -0.347 e. The van der Waals surface area contributed by atoms with Gasteiger partial charge in [0.25, 0.3) is 11.8 Å². The van der Waals surface area contributed by atoms with E-state index in [0.29, 0.717) is 13.1 Å². The quantitative estimate of drug-likeness (QED) is 0.720. The highest BCUT2D eigenvalue weighted by molar-refractivity contribution is 5.79. The molecule has 3 N–H and O–H groups in total. The Morgan fingerprint density at radius 1 is 1.16 bits per heavy atom. The number of hydrogen-bond donors (Lipinski definition) is 3. The highest BCUT2D eigenvalue weighted by atomic mass is 16.2. The van der Waals surface area contributed by atoms with Gasteiger partial charge in [-0.1, -0.05) is 24.3 Å². The molecule has 25 heavy (non-hydrogen) atoms. The van der Waals surface area contributed by atoms with Gasteiger partial charge in [-0.3, -0.25) is 9.59 Å². The second-order valence-electron chi connectivity index (χ2n) is 7.97. The molecule has 0 radical (unpaired) electrons. The average Bonchev–Trinajstić information content (AvgIpc) is 2.52. The highest BCUT2D eigenvalue weighted by Gasteiger charge is 2.24. The van der Waals surface area contributed by atoms with E-state index in [2.05, 4.69) is 28.8 Å². The Morgan fingerprint density at radius 2 is 1.84 bits per heavy atom. The van der Waals surface area contributed by atoms with Crippen LogP contribution in [0.4, 0.5) is 0 Å². The van der Waals surface area contributed by atoms with Gasteiger partial charge in [0.15, 0.2) is 13.1 Å². The van der Waals surface area contributed by atoms with Crippen molar-refractivity contribution < 1.29 is 14.5 Å². The molecule has 0 aliphatic heterocycles. The fourth-order valence-electron chi connectivity index (χ4n) is 3.38. The Kier molecular flexibility index (Phi) is 6.59. The third-order valence-electron chi connectivity index (χ3n) is 4.54. The summed E-state index contributed by atoms with van der Waals surface area (Å²) in [7, 11) is 0. The van der Waals surface area contributed by atoms with E-state index in [-0.39, 0.29) is 23.4 Å². The molecule has 1 aliphatic carbocycles. The van der Waals surface area contributed by atoms with Gasteiger partial charge in [0, 0.05) is 5.54 Å². The predicted molar refractivity (Wildman–Crippen MR) is 99.4 cm³/mol. The second-order valence-corrected chi connectivity index (χ2v) is 7.97. The molecule has 0 saturated heterocycles. The van der Waals surface area contributed by atoms with E-state index < -0.39 is 0 Å². The molecule has 2 atom stereocenters. The number of carbonyl (C=O) groups is 2. The fourth-order valence-corrected chi connectivity index (χ4v) is 3.38. The SMILES string of the molecule is CC[NH+](CC(=O)N[C@H]1CCCc2ccccc21)CC(=O)NC(C)(C)C. The van der Waals surface area contributed by atoms with E-state index >= 15 is 0 Å². The number of fused-ring (bicyclic) bond motifs is 1. The van der Waals surface area contributed by atoms with Crippen LogP contribution in [0, 0.1) is 0 Å². The number of benzene rings is 1. The molecule has 0 bridgehead atoms. The predicted octanol–water partition coefficient (Wildman–Crippen LogP) is 1.000.